The van der Waals surface area contributed by atoms with Crippen molar-refractivity contribution in [2.45, 2.75) is 0 Å². The van der Waals surface area contributed by atoms with E-state index in [1.807, 2.05) is 30.3 Å². The SMILES string of the molecule is Brc1cncnc1Oc1ccc2ccccc2c1Br. The third-order valence-electron chi connectivity index (χ3n) is 2.67. The first-order chi connectivity index (χ1) is 9.25. The van der Waals surface area contributed by atoms with Crippen LogP contribution in [0.5, 0.6) is 11.6 Å². The fourth-order valence-electron chi connectivity index (χ4n) is 1.77. The molecule has 0 saturated carbocycles. The lowest BCUT2D eigenvalue weighted by atomic mass is 10.1. The van der Waals surface area contributed by atoms with Gasteiger partial charge in [-0.15, -0.1) is 0 Å². The highest BCUT2D eigenvalue weighted by molar-refractivity contribution is 9.11. The van der Waals surface area contributed by atoms with Crippen molar-refractivity contribution in [2.24, 2.45) is 0 Å². The molecule has 0 fully saturated rings. The highest BCUT2D eigenvalue weighted by atomic mass is 79.9. The summed E-state index contributed by atoms with van der Waals surface area (Å²) in [5.41, 5.74) is 0. The van der Waals surface area contributed by atoms with Gasteiger partial charge in [-0.05, 0) is 48.7 Å². The summed E-state index contributed by atoms with van der Waals surface area (Å²) in [6.07, 6.45) is 3.10. The number of ether oxygens (including phenoxy) is 1. The van der Waals surface area contributed by atoms with Gasteiger partial charge in [0.15, 0.2) is 0 Å². The van der Waals surface area contributed by atoms with Crippen LogP contribution in [0.3, 0.4) is 0 Å². The molecule has 5 heteroatoms. The maximum absolute atomic E-state index is 5.80. The normalized spacial score (nSPS) is 10.6. The zero-order valence-corrected chi connectivity index (χ0v) is 12.8. The zero-order chi connectivity index (χ0) is 13.2. The third kappa shape index (κ3) is 2.48. The molecular formula is C14H8Br2N2O. The summed E-state index contributed by atoms with van der Waals surface area (Å²) >= 11 is 6.94. The van der Waals surface area contributed by atoms with Gasteiger partial charge in [0.05, 0.1) is 8.95 Å². The number of halogens is 2. The first-order valence-electron chi connectivity index (χ1n) is 5.56. The number of aromatic nitrogens is 2. The number of rotatable bonds is 2. The van der Waals surface area contributed by atoms with E-state index in [9.17, 15) is 0 Å². The molecule has 94 valence electrons. The van der Waals surface area contributed by atoms with E-state index in [4.69, 9.17) is 4.74 Å². The van der Waals surface area contributed by atoms with E-state index in [2.05, 4.69) is 47.9 Å². The van der Waals surface area contributed by atoms with Crippen LogP contribution in [-0.2, 0) is 0 Å². The van der Waals surface area contributed by atoms with Gasteiger partial charge in [-0.3, -0.25) is 0 Å². The van der Waals surface area contributed by atoms with Crippen LogP contribution in [0.15, 0.2) is 57.9 Å². The molecule has 2 aromatic carbocycles. The maximum atomic E-state index is 5.80. The summed E-state index contributed by atoms with van der Waals surface area (Å²) in [6, 6.07) is 12.0. The lowest BCUT2D eigenvalue weighted by Crippen LogP contribution is -1.91. The molecule has 0 aliphatic heterocycles. The largest absolute Gasteiger partial charge is 0.437 e. The average Bonchev–Trinajstić information content (AvgIpc) is 2.44. The third-order valence-corrected chi connectivity index (χ3v) is 4.03. The minimum Gasteiger partial charge on any atom is -0.437 e. The number of hydrogen-bond acceptors (Lipinski definition) is 3. The van der Waals surface area contributed by atoms with Crippen LogP contribution in [0.4, 0.5) is 0 Å². The molecule has 3 rings (SSSR count). The molecule has 0 saturated heterocycles. The topological polar surface area (TPSA) is 35.0 Å². The summed E-state index contributed by atoms with van der Waals surface area (Å²) in [6.45, 7) is 0. The molecule has 0 bridgehead atoms. The van der Waals surface area contributed by atoms with Crippen LogP contribution in [0.25, 0.3) is 10.8 Å². The number of benzene rings is 2. The molecule has 0 aliphatic rings. The predicted molar refractivity (Wildman–Crippen MR) is 81.5 cm³/mol. The van der Waals surface area contributed by atoms with Gasteiger partial charge in [-0.1, -0.05) is 30.3 Å². The van der Waals surface area contributed by atoms with Crippen molar-refractivity contribution in [1.29, 1.82) is 0 Å². The molecule has 1 heterocycles. The molecule has 0 radical (unpaired) electrons. The van der Waals surface area contributed by atoms with Crippen LogP contribution in [0.1, 0.15) is 0 Å². The Bertz CT molecular complexity index is 746. The summed E-state index contributed by atoms with van der Waals surface area (Å²) in [4.78, 5) is 8.00. The van der Waals surface area contributed by atoms with Crippen LogP contribution in [0.2, 0.25) is 0 Å². The van der Waals surface area contributed by atoms with Crippen LogP contribution in [-0.4, -0.2) is 9.97 Å². The van der Waals surface area contributed by atoms with Crippen molar-refractivity contribution in [1.82, 2.24) is 9.97 Å². The first kappa shape index (κ1) is 12.6. The predicted octanol–water partition coefficient (Wildman–Crippen LogP) is 4.95. The second-order valence-corrected chi connectivity index (χ2v) is 5.52. The summed E-state index contributed by atoms with van der Waals surface area (Å²) in [5, 5.41) is 2.26. The molecule has 3 aromatic rings. The lowest BCUT2D eigenvalue weighted by molar-refractivity contribution is 0.456. The fraction of sp³-hybridized carbons (Fsp3) is 0. The van der Waals surface area contributed by atoms with Crippen molar-refractivity contribution < 1.29 is 4.74 Å². The monoisotopic (exact) mass is 378 g/mol. The molecule has 0 N–H and O–H groups in total. The number of fused-ring (bicyclic) bond motifs is 1. The molecule has 1 aromatic heterocycles. The van der Waals surface area contributed by atoms with Gasteiger partial charge in [-0.2, -0.15) is 0 Å². The second-order valence-electron chi connectivity index (χ2n) is 3.88. The van der Waals surface area contributed by atoms with Gasteiger partial charge in [0.1, 0.15) is 12.1 Å². The maximum Gasteiger partial charge on any atom is 0.236 e. The van der Waals surface area contributed by atoms with Gasteiger partial charge in [-0.25, -0.2) is 9.97 Å². The van der Waals surface area contributed by atoms with E-state index in [-0.39, 0.29) is 0 Å². The Morgan fingerprint density at radius 2 is 1.84 bits per heavy atom. The smallest absolute Gasteiger partial charge is 0.236 e. The van der Waals surface area contributed by atoms with E-state index < -0.39 is 0 Å². The van der Waals surface area contributed by atoms with Gasteiger partial charge >= 0.3 is 0 Å². The minimum absolute atomic E-state index is 0.492. The van der Waals surface area contributed by atoms with Crippen molar-refractivity contribution in [3.63, 3.8) is 0 Å². The van der Waals surface area contributed by atoms with E-state index in [0.717, 1.165) is 25.5 Å². The van der Waals surface area contributed by atoms with Crippen LogP contribution < -0.4 is 4.74 Å². The van der Waals surface area contributed by atoms with Crippen molar-refractivity contribution in [3.05, 3.63) is 57.9 Å². The van der Waals surface area contributed by atoms with E-state index in [0.29, 0.717) is 5.88 Å². The Hall–Kier alpha value is -1.46. The van der Waals surface area contributed by atoms with Gasteiger partial charge in [0.2, 0.25) is 5.88 Å². The Morgan fingerprint density at radius 3 is 2.68 bits per heavy atom. The van der Waals surface area contributed by atoms with Gasteiger partial charge < -0.3 is 4.74 Å². The lowest BCUT2D eigenvalue weighted by Gasteiger charge is -2.09. The van der Waals surface area contributed by atoms with Gasteiger partial charge in [0, 0.05) is 6.20 Å². The van der Waals surface area contributed by atoms with E-state index >= 15 is 0 Å². The quantitative estimate of drug-likeness (QED) is 0.632. The molecular weight excluding hydrogens is 372 g/mol. The fourth-order valence-corrected chi connectivity index (χ4v) is 2.65. The minimum atomic E-state index is 0.492. The summed E-state index contributed by atoms with van der Waals surface area (Å²) < 4.78 is 7.43. The molecule has 0 aliphatic carbocycles. The van der Waals surface area contributed by atoms with E-state index in [1.165, 1.54) is 6.33 Å². The molecule has 3 nitrogen and oxygen atoms in total. The van der Waals surface area contributed by atoms with Crippen molar-refractivity contribution in [2.75, 3.05) is 0 Å². The Kier molecular flexibility index (Phi) is 3.48. The highest BCUT2D eigenvalue weighted by Gasteiger charge is 2.09. The summed E-state index contributed by atoms with van der Waals surface area (Å²) in [5.74, 6) is 1.21. The summed E-state index contributed by atoms with van der Waals surface area (Å²) in [7, 11) is 0. The molecule has 19 heavy (non-hydrogen) atoms. The van der Waals surface area contributed by atoms with Gasteiger partial charge in [0.25, 0.3) is 0 Å². The van der Waals surface area contributed by atoms with E-state index in [1.54, 1.807) is 6.20 Å². The average molecular weight is 380 g/mol. The molecule has 0 amide bonds. The van der Waals surface area contributed by atoms with Crippen molar-refractivity contribution in [3.8, 4) is 11.6 Å². The number of hydrogen-bond donors (Lipinski definition) is 0. The number of nitrogens with zero attached hydrogens (tertiary/aromatic N) is 2. The highest BCUT2D eigenvalue weighted by Crippen LogP contribution is 2.36. The molecule has 0 spiro atoms. The Labute approximate surface area is 126 Å². The molecule has 0 unspecified atom stereocenters. The second kappa shape index (κ2) is 5.27. The van der Waals surface area contributed by atoms with Crippen LogP contribution in [0, 0.1) is 0 Å². The van der Waals surface area contributed by atoms with Crippen LogP contribution >= 0.6 is 31.9 Å². The Morgan fingerprint density at radius 1 is 1.00 bits per heavy atom. The standard InChI is InChI=1S/C14H8Br2N2O/c15-11-7-17-8-18-14(11)19-12-6-5-9-3-1-2-4-10(9)13(12)16/h1-8H. The first-order valence-corrected chi connectivity index (χ1v) is 7.15. The van der Waals surface area contributed by atoms with Crippen molar-refractivity contribution >= 4 is 42.6 Å². The zero-order valence-electron chi connectivity index (χ0n) is 9.68. The Balaban J connectivity index is 2.07. The molecule has 0 atom stereocenters.